The third-order valence-electron chi connectivity index (χ3n) is 5.40. The van der Waals surface area contributed by atoms with E-state index in [1.54, 1.807) is 6.33 Å². The molecule has 0 aliphatic carbocycles. The molecule has 2 aliphatic rings. The molecule has 5 heterocycles. The molecule has 3 aromatic heterocycles. The van der Waals surface area contributed by atoms with Gasteiger partial charge in [0, 0.05) is 43.7 Å². The van der Waals surface area contributed by atoms with Gasteiger partial charge in [-0.05, 0) is 25.7 Å². The van der Waals surface area contributed by atoms with E-state index in [0.29, 0.717) is 11.7 Å². The Bertz CT molecular complexity index is 911. The molecule has 0 saturated carbocycles. The number of aryl methyl sites for hydroxylation is 2. The molecule has 1 unspecified atom stereocenters. The summed E-state index contributed by atoms with van der Waals surface area (Å²) >= 11 is 0. The van der Waals surface area contributed by atoms with E-state index in [0.717, 1.165) is 62.1 Å². The Morgan fingerprint density at radius 1 is 1.20 bits per heavy atom. The Kier molecular flexibility index (Phi) is 3.43. The van der Waals surface area contributed by atoms with Gasteiger partial charge in [-0.1, -0.05) is 6.92 Å². The van der Waals surface area contributed by atoms with Crippen molar-refractivity contribution in [3.05, 3.63) is 29.7 Å². The van der Waals surface area contributed by atoms with E-state index in [1.165, 1.54) is 12.8 Å². The van der Waals surface area contributed by atoms with Crippen LogP contribution in [0.25, 0.3) is 5.78 Å². The quantitative estimate of drug-likeness (QED) is 0.722. The van der Waals surface area contributed by atoms with Crippen LogP contribution in [0.4, 0.5) is 5.82 Å². The van der Waals surface area contributed by atoms with Gasteiger partial charge in [0.1, 0.15) is 23.8 Å². The van der Waals surface area contributed by atoms with Crippen molar-refractivity contribution in [3.63, 3.8) is 0 Å². The van der Waals surface area contributed by atoms with Crippen LogP contribution < -0.4 is 4.90 Å². The molecule has 0 N–H and O–H groups in total. The van der Waals surface area contributed by atoms with Crippen molar-refractivity contribution in [1.82, 2.24) is 34.3 Å². The lowest BCUT2D eigenvalue weighted by Crippen LogP contribution is -2.36. The molecule has 0 bridgehead atoms. The van der Waals surface area contributed by atoms with Gasteiger partial charge < -0.3 is 9.47 Å². The van der Waals surface area contributed by atoms with Crippen molar-refractivity contribution >= 4 is 11.6 Å². The minimum Gasteiger partial charge on any atom is -0.356 e. The molecule has 1 atom stereocenters. The smallest absolute Gasteiger partial charge is 0.254 e. The molecule has 5 rings (SSSR count). The second-order valence-corrected chi connectivity index (χ2v) is 6.95. The number of nitrogens with zero attached hydrogens (tertiary/aromatic N) is 8. The summed E-state index contributed by atoms with van der Waals surface area (Å²) in [5.74, 6) is 4.51. The average molecular weight is 338 g/mol. The fourth-order valence-electron chi connectivity index (χ4n) is 4.12. The summed E-state index contributed by atoms with van der Waals surface area (Å²) in [6, 6.07) is 2.15. The Labute approximate surface area is 145 Å². The number of fused-ring (bicyclic) bond motifs is 2. The maximum Gasteiger partial charge on any atom is 0.254 e. The zero-order valence-electron chi connectivity index (χ0n) is 14.5. The van der Waals surface area contributed by atoms with E-state index in [-0.39, 0.29) is 0 Å². The van der Waals surface area contributed by atoms with E-state index in [9.17, 15) is 0 Å². The highest BCUT2D eigenvalue weighted by atomic mass is 15.4. The van der Waals surface area contributed by atoms with Gasteiger partial charge in [0.05, 0.1) is 0 Å². The number of hydrogen-bond acceptors (Lipinski definition) is 6. The Hall–Kier alpha value is -2.51. The molecule has 1 saturated heterocycles. The van der Waals surface area contributed by atoms with Crippen LogP contribution in [0.2, 0.25) is 0 Å². The van der Waals surface area contributed by atoms with E-state index in [2.05, 4.69) is 47.7 Å². The highest BCUT2D eigenvalue weighted by Crippen LogP contribution is 2.31. The normalized spacial score (nSPS) is 20.4. The highest BCUT2D eigenvalue weighted by molar-refractivity contribution is 5.48. The largest absolute Gasteiger partial charge is 0.356 e. The van der Waals surface area contributed by atoms with E-state index < -0.39 is 0 Å². The standard InChI is InChI=1S/C17H22N8/c1-2-13-9-15(25-17(20-13)18-11-19-25)23-7-3-5-12(10-23)16-22-21-14-6-4-8-24(14)16/h9,11-12H,2-8,10H2,1H3. The van der Waals surface area contributed by atoms with Gasteiger partial charge in [0.25, 0.3) is 5.78 Å². The molecule has 0 aromatic carbocycles. The van der Waals surface area contributed by atoms with E-state index >= 15 is 0 Å². The fourth-order valence-corrected chi connectivity index (χ4v) is 4.12. The van der Waals surface area contributed by atoms with Crippen molar-refractivity contribution < 1.29 is 0 Å². The van der Waals surface area contributed by atoms with Crippen LogP contribution in [0.5, 0.6) is 0 Å². The van der Waals surface area contributed by atoms with Crippen LogP contribution in [0.15, 0.2) is 12.4 Å². The monoisotopic (exact) mass is 338 g/mol. The molecular weight excluding hydrogens is 316 g/mol. The van der Waals surface area contributed by atoms with Gasteiger partial charge in [0.2, 0.25) is 0 Å². The Balaban J connectivity index is 1.49. The first-order valence-corrected chi connectivity index (χ1v) is 9.20. The summed E-state index contributed by atoms with van der Waals surface area (Å²) in [5, 5.41) is 13.3. The number of hydrogen-bond donors (Lipinski definition) is 0. The van der Waals surface area contributed by atoms with Gasteiger partial charge in [0.15, 0.2) is 0 Å². The minimum absolute atomic E-state index is 0.421. The third-order valence-corrected chi connectivity index (χ3v) is 5.40. The SMILES string of the molecule is CCc1cc(N2CCCC(c3nnc4n3CCC4)C2)n2ncnc2n1. The second kappa shape index (κ2) is 5.79. The molecule has 25 heavy (non-hydrogen) atoms. The van der Waals surface area contributed by atoms with Crippen LogP contribution in [0, 0.1) is 0 Å². The van der Waals surface area contributed by atoms with Crippen LogP contribution in [-0.2, 0) is 19.4 Å². The lowest BCUT2D eigenvalue weighted by molar-refractivity contribution is 0.468. The first kappa shape index (κ1) is 14.8. The molecule has 0 amide bonds. The summed E-state index contributed by atoms with van der Waals surface area (Å²) in [7, 11) is 0. The van der Waals surface area contributed by atoms with Gasteiger partial charge in [-0.3, -0.25) is 0 Å². The maximum absolute atomic E-state index is 4.56. The molecule has 8 nitrogen and oxygen atoms in total. The summed E-state index contributed by atoms with van der Waals surface area (Å²) < 4.78 is 4.19. The molecule has 3 aromatic rings. The van der Waals surface area contributed by atoms with Crippen molar-refractivity contribution in [2.24, 2.45) is 0 Å². The Morgan fingerprint density at radius 3 is 3.08 bits per heavy atom. The summed E-state index contributed by atoms with van der Waals surface area (Å²) in [6.45, 7) is 5.16. The molecule has 0 spiro atoms. The Morgan fingerprint density at radius 2 is 2.16 bits per heavy atom. The van der Waals surface area contributed by atoms with Crippen molar-refractivity contribution in [3.8, 4) is 0 Å². The predicted molar refractivity (Wildman–Crippen MR) is 92.7 cm³/mol. The van der Waals surface area contributed by atoms with Crippen LogP contribution in [0.1, 0.15) is 49.4 Å². The zero-order chi connectivity index (χ0) is 16.8. The zero-order valence-corrected chi connectivity index (χ0v) is 14.5. The maximum atomic E-state index is 4.56. The summed E-state index contributed by atoms with van der Waals surface area (Å²) in [4.78, 5) is 11.3. The van der Waals surface area contributed by atoms with Crippen molar-refractivity contribution in [2.45, 2.75) is 51.5 Å². The predicted octanol–water partition coefficient (Wildman–Crippen LogP) is 1.61. The van der Waals surface area contributed by atoms with Gasteiger partial charge >= 0.3 is 0 Å². The average Bonchev–Trinajstić information content (AvgIpc) is 3.37. The second-order valence-electron chi connectivity index (χ2n) is 6.95. The number of anilines is 1. The minimum atomic E-state index is 0.421. The molecule has 0 radical (unpaired) electrons. The summed E-state index contributed by atoms with van der Waals surface area (Å²) in [5.41, 5.74) is 1.06. The number of aromatic nitrogens is 7. The lowest BCUT2D eigenvalue weighted by atomic mass is 9.97. The first-order valence-electron chi connectivity index (χ1n) is 9.20. The van der Waals surface area contributed by atoms with Crippen LogP contribution >= 0.6 is 0 Å². The topological polar surface area (TPSA) is 77.0 Å². The van der Waals surface area contributed by atoms with Gasteiger partial charge in [-0.2, -0.15) is 14.6 Å². The third kappa shape index (κ3) is 2.39. The number of piperidine rings is 1. The summed E-state index contributed by atoms with van der Waals surface area (Å²) in [6.07, 6.45) is 7.04. The highest BCUT2D eigenvalue weighted by Gasteiger charge is 2.29. The molecule has 1 fully saturated rings. The van der Waals surface area contributed by atoms with Gasteiger partial charge in [-0.15, -0.1) is 10.2 Å². The van der Waals surface area contributed by atoms with E-state index in [4.69, 9.17) is 0 Å². The van der Waals surface area contributed by atoms with Gasteiger partial charge in [-0.25, -0.2) is 4.98 Å². The number of rotatable bonds is 3. The lowest BCUT2D eigenvalue weighted by Gasteiger charge is -2.33. The fraction of sp³-hybridized carbons (Fsp3) is 0.588. The van der Waals surface area contributed by atoms with Crippen LogP contribution in [0.3, 0.4) is 0 Å². The first-order chi connectivity index (χ1) is 12.3. The van der Waals surface area contributed by atoms with Crippen molar-refractivity contribution in [1.29, 1.82) is 0 Å². The van der Waals surface area contributed by atoms with Crippen molar-refractivity contribution in [2.75, 3.05) is 18.0 Å². The molecule has 2 aliphatic heterocycles. The molecule has 8 heteroatoms. The van der Waals surface area contributed by atoms with E-state index in [1.807, 2.05) is 4.52 Å². The molecule has 130 valence electrons. The van der Waals surface area contributed by atoms with Crippen LogP contribution in [-0.4, -0.2) is 47.4 Å². The molecular formula is C17H22N8.